The first-order valence-corrected chi connectivity index (χ1v) is 10.3. The number of anilines is 1. The van der Waals surface area contributed by atoms with Crippen molar-refractivity contribution >= 4 is 11.6 Å². The molecule has 4 rings (SSSR count). The van der Waals surface area contributed by atoms with Crippen LogP contribution in [0.25, 0.3) is 0 Å². The van der Waals surface area contributed by atoms with Crippen LogP contribution in [0, 0.1) is 22.7 Å². The molecule has 0 bridgehead atoms. The van der Waals surface area contributed by atoms with Crippen LogP contribution < -0.4 is 4.90 Å². The largest absolute Gasteiger partial charge is 0.417 e. The van der Waals surface area contributed by atoms with Gasteiger partial charge in [-0.05, 0) is 36.5 Å². The number of benzene rings is 1. The highest BCUT2D eigenvalue weighted by Gasteiger charge is 2.49. The third kappa shape index (κ3) is 4.00. The van der Waals surface area contributed by atoms with Gasteiger partial charge < -0.3 is 14.9 Å². The molecule has 1 amide bonds. The molecular formula is C22H22F3N5O2. The monoisotopic (exact) mass is 445 g/mol. The molecule has 2 fully saturated rings. The molecule has 2 aromatic rings. The van der Waals surface area contributed by atoms with Gasteiger partial charge in [0.2, 0.25) is 0 Å². The van der Waals surface area contributed by atoms with E-state index in [9.17, 15) is 23.1 Å². The molecule has 1 N–H and O–H groups in total. The summed E-state index contributed by atoms with van der Waals surface area (Å²) in [6, 6.07) is 5.37. The number of rotatable bonds is 3. The quantitative estimate of drug-likeness (QED) is 0.781. The van der Waals surface area contributed by atoms with Gasteiger partial charge in [0, 0.05) is 56.8 Å². The van der Waals surface area contributed by atoms with E-state index >= 15 is 0 Å². The zero-order chi connectivity index (χ0) is 22.9. The lowest BCUT2D eigenvalue weighted by molar-refractivity contribution is -0.137. The second-order valence-corrected chi connectivity index (χ2v) is 8.34. The van der Waals surface area contributed by atoms with Crippen molar-refractivity contribution in [3.8, 4) is 6.07 Å². The van der Waals surface area contributed by atoms with Gasteiger partial charge in [-0.1, -0.05) is 0 Å². The Bertz CT molecular complexity index is 1030. The maximum atomic E-state index is 13.3. The Morgan fingerprint density at radius 3 is 2.62 bits per heavy atom. The Morgan fingerprint density at radius 1 is 1.28 bits per heavy atom. The minimum Gasteiger partial charge on any atom is -0.396 e. The second-order valence-electron chi connectivity index (χ2n) is 8.34. The first-order chi connectivity index (χ1) is 15.3. The Kier molecular flexibility index (Phi) is 5.77. The van der Waals surface area contributed by atoms with Crippen LogP contribution in [0.5, 0.6) is 0 Å². The molecule has 1 aromatic heterocycles. The van der Waals surface area contributed by atoms with E-state index in [2.05, 4.69) is 9.97 Å². The Morgan fingerprint density at radius 2 is 2.03 bits per heavy atom. The summed E-state index contributed by atoms with van der Waals surface area (Å²) in [7, 11) is 0. The molecule has 168 valence electrons. The standard InChI is InChI=1S/C22H22F3N5O2/c23-22(24,25)18-9-17(2-1-15(18)10-26)29-7-3-21(4-8-29)14-30(12-16(21)13-31)20(32)19-11-27-5-6-28-19/h1-2,5-6,9,11,16,31H,3-4,7-8,12-14H2. The molecule has 2 saturated heterocycles. The maximum Gasteiger partial charge on any atom is 0.417 e. The number of nitrogens with zero attached hydrogens (tertiary/aromatic N) is 5. The molecule has 0 radical (unpaired) electrons. The number of alkyl halides is 3. The molecule has 0 aliphatic carbocycles. The van der Waals surface area contributed by atoms with Crippen LogP contribution in [-0.4, -0.2) is 58.7 Å². The molecule has 32 heavy (non-hydrogen) atoms. The molecule has 2 aliphatic heterocycles. The Balaban J connectivity index is 1.50. The third-order valence-electron chi connectivity index (χ3n) is 6.66. The summed E-state index contributed by atoms with van der Waals surface area (Å²) < 4.78 is 40.0. The fourth-order valence-electron chi connectivity index (χ4n) is 4.85. The number of likely N-dealkylation sites (tertiary alicyclic amines) is 1. The summed E-state index contributed by atoms with van der Waals surface area (Å²) in [4.78, 5) is 24.4. The third-order valence-corrected chi connectivity index (χ3v) is 6.66. The highest BCUT2D eigenvalue weighted by atomic mass is 19.4. The molecule has 1 spiro atoms. The second kappa shape index (κ2) is 8.39. The van der Waals surface area contributed by atoms with Crippen molar-refractivity contribution in [3.05, 3.63) is 53.6 Å². The van der Waals surface area contributed by atoms with Crippen molar-refractivity contribution in [3.63, 3.8) is 0 Å². The number of hydrogen-bond acceptors (Lipinski definition) is 6. The first kappa shape index (κ1) is 22.0. The van der Waals surface area contributed by atoms with E-state index in [4.69, 9.17) is 5.26 Å². The molecule has 10 heteroatoms. The number of aromatic nitrogens is 2. The van der Waals surface area contributed by atoms with E-state index in [1.807, 2.05) is 4.90 Å². The molecule has 7 nitrogen and oxygen atoms in total. The van der Waals surface area contributed by atoms with Gasteiger partial charge in [0.15, 0.2) is 0 Å². The lowest BCUT2D eigenvalue weighted by Crippen LogP contribution is -2.45. The van der Waals surface area contributed by atoms with Gasteiger partial charge in [-0.3, -0.25) is 9.78 Å². The number of hydrogen-bond donors (Lipinski definition) is 1. The van der Waals surface area contributed by atoms with Crippen LogP contribution in [0.2, 0.25) is 0 Å². The highest BCUT2D eigenvalue weighted by Crippen LogP contribution is 2.46. The smallest absolute Gasteiger partial charge is 0.396 e. The zero-order valence-electron chi connectivity index (χ0n) is 17.2. The fourth-order valence-corrected chi connectivity index (χ4v) is 4.85. The predicted octanol–water partition coefficient (Wildman–Crippen LogP) is 2.72. The summed E-state index contributed by atoms with van der Waals surface area (Å²) in [5.74, 6) is -0.352. The summed E-state index contributed by atoms with van der Waals surface area (Å²) in [5.41, 5.74) is -0.979. The summed E-state index contributed by atoms with van der Waals surface area (Å²) in [6.45, 7) is 1.78. The normalized spacial score (nSPS) is 20.4. The van der Waals surface area contributed by atoms with E-state index in [0.29, 0.717) is 44.7 Å². The number of halogens is 3. The number of aliphatic hydroxyl groups is 1. The highest BCUT2D eigenvalue weighted by molar-refractivity contribution is 5.92. The minimum atomic E-state index is -4.60. The zero-order valence-corrected chi connectivity index (χ0v) is 17.2. The van der Waals surface area contributed by atoms with Crippen molar-refractivity contribution < 1.29 is 23.1 Å². The van der Waals surface area contributed by atoms with Crippen LogP contribution in [-0.2, 0) is 6.18 Å². The van der Waals surface area contributed by atoms with Crippen molar-refractivity contribution in [2.24, 2.45) is 11.3 Å². The van der Waals surface area contributed by atoms with Gasteiger partial charge in [-0.15, -0.1) is 0 Å². The maximum absolute atomic E-state index is 13.3. The molecular weight excluding hydrogens is 423 g/mol. The van der Waals surface area contributed by atoms with Gasteiger partial charge in [-0.2, -0.15) is 18.4 Å². The van der Waals surface area contributed by atoms with Crippen LogP contribution in [0.4, 0.5) is 18.9 Å². The molecule has 1 unspecified atom stereocenters. The Hall–Kier alpha value is -3.19. The van der Waals surface area contributed by atoms with E-state index in [1.165, 1.54) is 30.7 Å². The van der Waals surface area contributed by atoms with E-state index in [0.717, 1.165) is 6.07 Å². The molecule has 2 aliphatic rings. The van der Waals surface area contributed by atoms with Gasteiger partial charge in [0.1, 0.15) is 5.69 Å². The lowest BCUT2D eigenvalue weighted by atomic mass is 9.71. The summed E-state index contributed by atoms with van der Waals surface area (Å²) in [6.07, 6.45) is 1.00. The number of carbonyl (C=O) groups is 1. The van der Waals surface area contributed by atoms with E-state index in [-0.39, 0.29) is 29.5 Å². The van der Waals surface area contributed by atoms with Crippen LogP contribution >= 0.6 is 0 Å². The molecule has 0 saturated carbocycles. The fraction of sp³-hybridized carbons (Fsp3) is 0.455. The van der Waals surface area contributed by atoms with E-state index in [1.54, 1.807) is 11.0 Å². The van der Waals surface area contributed by atoms with E-state index < -0.39 is 17.3 Å². The number of carbonyl (C=O) groups excluding carboxylic acids is 1. The van der Waals surface area contributed by atoms with Gasteiger partial charge in [0.25, 0.3) is 5.91 Å². The van der Waals surface area contributed by atoms with Crippen molar-refractivity contribution in [1.29, 1.82) is 5.26 Å². The minimum absolute atomic E-state index is 0.0701. The van der Waals surface area contributed by atoms with Crippen LogP contribution in [0.3, 0.4) is 0 Å². The van der Waals surface area contributed by atoms with Crippen molar-refractivity contribution in [2.75, 3.05) is 37.7 Å². The summed E-state index contributed by atoms with van der Waals surface area (Å²) >= 11 is 0. The van der Waals surface area contributed by atoms with Gasteiger partial charge in [-0.25, -0.2) is 4.98 Å². The van der Waals surface area contributed by atoms with Gasteiger partial charge >= 0.3 is 6.18 Å². The molecule has 1 aromatic carbocycles. The number of nitriles is 1. The van der Waals surface area contributed by atoms with Crippen LogP contribution in [0.15, 0.2) is 36.8 Å². The van der Waals surface area contributed by atoms with Crippen LogP contribution in [0.1, 0.15) is 34.5 Å². The number of amides is 1. The lowest BCUT2D eigenvalue weighted by Gasteiger charge is -2.43. The Labute approximate surface area is 183 Å². The number of aliphatic hydroxyl groups excluding tert-OH is 1. The van der Waals surface area contributed by atoms with Crippen molar-refractivity contribution in [1.82, 2.24) is 14.9 Å². The van der Waals surface area contributed by atoms with Crippen molar-refractivity contribution in [2.45, 2.75) is 19.0 Å². The molecule has 1 atom stereocenters. The average Bonchev–Trinajstić information content (AvgIpc) is 3.16. The average molecular weight is 445 g/mol. The summed E-state index contributed by atoms with van der Waals surface area (Å²) in [5, 5.41) is 19.0. The van der Waals surface area contributed by atoms with Gasteiger partial charge in [0.05, 0.1) is 23.4 Å². The number of piperidine rings is 1. The predicted molar refractivity (Wildman–Crippen MR) is 109 cm³/mol. The SMILES string of the molecule is N#Cc1ccc(N2CCC3(CC2)CN(C(=O)c2cnccn2)CC3CO)cc1C(F)(F)F. The molecule has 3 heterocycles. The first-order valence-electron chi connectivity index (χ1n) is 10.3. The topological polar surface area (TPSA) is 93.4 Å².